The van der Waals surface area contributed by atoms with E-state index < -0.39 is 10.0 Å². The molecule has 3 aromatic rings. The van der Waals surface area contributed by atoms with Crippen molar-refractivity contribution < 1.29 is 13.2 Å². The molecule has 7 nitrogen and oxygen atoms in total. The number of benzene rings is 1. The fraction of sp³-hybridized carbons (Fsp3) is 0.263. The third kappa shape index (κ3) is 3.98. The number of aliphatic imine (C=N–C) groups is 1. The van der Waals surface area contributed by atoms with Crippen molar-refractivity contribution in [2.45, 2.75) is 37.6 Å². The highest BCUT2D eigenvalue weighted by molar-refractivity contribution is 7.90. The molecule has 1 aromatic carbocycles. The summed E-state index contributed by atoms with van der Waals surface area (Å²) < 4.78 is 26.8. The van der Waals surface area contributed by atoms with E-state index in [1.54, 1.807) is 18.2 Å². The van der Waals surface area contributed by atoms with Crippen LogP contribution in [0.2, 0.25) is 5.15 Å². The van der Waals surface area contributed by atoms with Crippen LogP contribution in [-0.4, -0.2) is 40.1 Å². The standard InChI is InChI=1S/C19H19ClN4O3S/c1-19(2,3)21-11-9-15(25)16-14-10-12-24(18(14)23-22-17(16)20)28(26,27)13-7-5-4-6-8-13/h4-8,10-12H,9H2,1-3H3. The van der Waals surface area contributed by atoms with Crippen molar-refractivity contribution in [2.75, 3.05) is 0 Å². The molecule has 0 saturated heterocycles. The minimum atomic E-state index is -3.88. The Morgan fingerprint density at radius 1 is 1.18 bits per heavy atom. The van der Waals surface area contributed by atoms with Gasteiger partial charge in [0.25, 0.3) is 10.0 Å². The van der Waals surface area contributed by atoms with Gasteiger partial charge in [0.2, 0.25) is 0 Å². The first kappa shape index (κ1) is 20.2. The third-order valence-electron chi connectivity index (χ3n) is 3.87. The summed E-state index contributed by atoms with van der Waals surface area (Å²) in [4.78, 5) is 17.1. The first-order valence-corrected chi connectivity index (χ1v) is 10.3. The fourth-order valence-corrected chi connectivity index (χ4v) is 4.18. The summed E-state index contributed by atoms with van der Waals surface area (Å²) in [6.45, 7) is 5.76. The Labute approximate surface area is 168 Å². The summed E-state index contributed by atoms with van der Waals surface area (Å²) >= 11 is 6.11. The first-order valence-electron chi connectivity index (χ1n) is 8.52. The van der Waals surface area contributed by atoms with Crippen LogP contribution in [-0.2, 0) is 10.0 Å². The Morgan fingerprint density at radius 3 is 2.50 bits per heavy atom. The molecule has 9 heteroatoms. The summed E-state index contributed by atoms with van der Waals surface area (Å²) in [5, 5.41) is 7.96. The quantitative estimate of drug-likeness (QED) is 0.464. The minimum absolute atomic E-state index is 0.0222. The highest BCUT2D eigenvalue weighted by atomic mass is 35.5. The van der Waals surface area contributed by atoms with Gasteiger partial charge in [0.05, 0.1) is 16.0 Å². The van der Waals surface area contributed by atoms with Crippen molar-refractivity contribution in [2.24, 2.45) is 4.99 Å². The van der Waals surface area contributed by atoms with E-state index in [9.17, 15) is 13.2 Å². The SMILES string of the molecule is CC(C)(C)N=CCC(=O)c1c(Cl)nnc2c1ccn2S(=O)(=O)c1ccccc1. The molecule has 146 valence electrons. The van der Waals surface area contributed by atoms with Gasteiger partial charge in [-0.05, 0) is 39.0 Å². The normalized spacial score (nSPS) is 12.7. The number of ketones is 1. The van der Waals surface area contributed by atoms with Gasteiger partial charge in [-0.15, -0.1) is 10.2 Å². The van der Waals surface area contributed by atoms with Crippen molar-refractivity contribution in [1.82, 2.24) is 14.2 Å². The number of aromatic nitrogens is 3. The minimum Gasteiger partial charge on any atom is -0.294 e. The molecule has 0 spiro atoms. The Bertz CT molecular complexity index is 1160. The topological polar surface area (TPSA) is 94.3 Å². The van der Waals surface area contributed by atoms with Gasteiger partial charge in [0.15, 0.2) is 16.6 Å². The largest absolute Gasteiger partial charge is 0.294 e. The highest BCUT2D eigenvalue weighted by Gasteiger charge is 2.24. The van der Waals surface area contributed by atoms with Gasteiger partial charge in [-0.2, -0.15) is 0 Å². The molecule has 0 atom stereocenters. The van der Waals surface area contributed by atoms with E-state index in [-0.39, 0.29) is 39.0 Å². The summed E-state index contributed by atoms with van der Waals surface area (Å²) in [6.07, 6.45) is 2.90. The van der Waals surface area contributed by atoms with Crippen LogP contribution in [0.4, 0.5) is 0 Å². The van der Waals surface area contributed by atoms with E-state index in [4.69, 9.17) is 11.6 Å². The second-order valence-electron chi connectivity index (χ2n) is 7.14. The van der Waals surface area contributed by atoms with Crippen LogP contribution in [0.1, 0.15) is 37.6 Å². The van der Waals surface area contributed by atoms with Crippen LogP contribution in [0, 0.1) is 0 Å². The molecule has 0 aliphatic carbocycles. The van der Waals surface area contributed by atoms with E-state index in [0.717, 1.165) is 3.97 Å². The summed E-state index contributed by atoms with van der Waals surface area (Å²) in [7, 11) is -3.88. The molecule has 0 saturated carbocycles. The first-order chi connectivity index (χ1) is 13.1. The number of nitrogens with zero attached hydrogens (tertiary/aromatic N) is 4. The van der Waals surface area contributed by atoms with Crippen molar-refractivity contribution >= 4 is 44.7 Å². The van der Waals surface area contributed by atoms with Crippen molar-refractivity contribution in [3.63, 3.8) is 0 Å². The fourth-order valence-electron chi connectivity index (χ4n) is 2.62. The Balaban J connectivity index is 2.07. The van der Waals surface area contributed by atoms with Gasteiger partial charge in [0, 0.05) is 24.2 Å². The van der Waals surface area contributed by atoms with Crippen molar-refractivity contribution in [3.8, 4) is 0 Å². The number of fused-ring (bicyclic) bond motifs is 1. The maximum atomic E-state index is 12.9. The third-order valence-corrected chi connectivity index (χ3v) is 5.81. The lowest BCUT2D eigenvalue weighted by Gasteiger charge is -2.10. The molecule has 0 amide bonds. The zero-order valence-electron chi connectivity index (χ0n) is 15.6. The van der Waals surface area contributed by atoms with Crippen LogP contribution in [0.5, 0.6) is 0 Å². The lowest BCUT2D eigenvalue weighted by Crippen LogP contribution is -2.14. The van der Waals surface area contributed by atoms with Crippen molar-refractivity contribution in [3.05, 3.63) is 53.3 Å². The molecule has 0 radical (unpaired) electrons. The number of Topliss-reactive ketones (excluding diaryl/α,β-unsaturated/α-hetero) is 1. The molecule has 3 rings (SSSR count). The average Bonchev–Trinajstić information content (AvgIpc) is 3.05. The van der Waals surface area contributed by atoms with Gasteiger partial charge in [-0.1, -0.05) is 29.8 Å². The predicted octanol–water partition coefficient (Wildman–Crippen LogP) is 3.76. The summed E-state index contributed by atoms with van der Waals surface area (Å²) in [5.74, 6) is -0.312. The smallest absolute Gasteiger partial charge is 0.269 e. The Kier molecular flexibility index (Phi) is 5.36. The molecule has 2 heterocycles. The Hall–Kier alpha value is -2.58. The monoisotopic (exact) mass is 418 g/mol. The number of hydrogen-bond acceptors (Lipinski definition) is 6. The van der Waals surface area contributed by atoms with Crippen LogP contribution >= 0.6 is 11.6 Å². The number of rotatable bonds is 5. The zero-order chi connectivity index (χ0) is 20.5. The van der Waals surface area contributed by atoms with Crippen molar-refractivity contribution in [1.29, 1.82) is 0 Å². The second kappa shape index (κ2) is 7.44. The molecule has 0 N–H and O–H groups in total. The lowest BCUT2D eigenvalue weighted by molar-refractivity contribution is 0.100. The van der Waals surface area contributed by atoms with Crippen LogP contribution in [0.3, 0.4) is 0 Å². The summed E-state index contributed by atoms with van der Waals surface area (Å²) in [6, 6.07) is 9.46. The Morgan fingerprint density at radius 2 is 1.86 bits per heavy atom. The van der Waals surface area contributed by atoms with E-state index in [1.165, 1.54) is 30.6 Å². The lowest BCUT2D eigenvalue weighted by atomic mass is 10.1. The van der Waals surface area contributed by atoms with Gasteiger partial charge in [-0.25, -0.2) is 12.4 Å². The number of hydrogen-bond donors (Lipinski definition) is 0. The molecule has 0 bridgehead atoms. The molecular formula is C19H19ClN4O3S. The van der Waals surface area contributed by atoms with Gasteiger partial charge < -0.3 is 0 Å². The number of carbonyl (C=O) groups is 1. The zero-order valence-corrected chi connectivity index (χ0v) is 17.2. The average molecular weight is 419 g/mol. The number of carbonyl (C=O) groups excluding carboxylic acids is 1. The molecule has 28 heavy (non-hydrogen) atoms. The van der Waals surface area contributed by atoms with Gasteiger partial charge >= 0.3 is 0 Å². The molecule has 0 unspecified atom stereocenters. The molecule has 0 aliphatic rings. The van der Waals surface area contributed by atoms with Crippen LogP contribution in [0.15, 0.2) is 52.5 Å². The summed E-state index contributed by atoms with van der Waals surface area (Å²) in [5.41, 5.74) is -0.124. The maximum absolute atomic E-state index is 12.9. The number of halogens is 1. The molecular weight excluding hydrogens is 400 g/mol. The highest BCUT2D eigenvalue weighted by Crippen LogP contribution is 2.27. The maximum Gasteiger partial charge on any atom is 0.269 e. The van der Waals surface area contributed by atoms with E-state index in [0.29, 0.717) is 5.39 Å². The van der Waals surface area contributed by atoms with E-state index >= 15 is 0 Å². The molecule has 2 aromatic heterocycles. The molecule has 0 fully saturated rings. The second-order valence-corrected chi connectivity index (χ2v) is 9.32. The van der Waals surface area contributed by atoms with Crippen LogP contribution < -0.4 is 0 Å². The predicted molar refractivity (Wildman–Crippen MR) is 109 cm³/mol. The van der Waals surface area contributed by atoms with Crippen LogP contribution in [0.25, 0.3) is 11.0 Å². The van der Waals surface area contributed by atoms with Gasteiger partial charge in [0.1, 0.15) is 0 Å². The van der Waals surface area contributed by atoms with Gasteiger partial charge in [-0.3, -0.25) is 9.79 Å². The van der Waals surface area contributed by atoms with E-state index in [2.05, 4.69) is 15.2 Å². The molecule has 0 aliphatic heterocycles. The van der Waals surface area contributed by atoms with E-state index in [1.807, 2.05) is 20.8 Å².